The maximum absolute atomic E-state index is 12.5. The fourth-order valence-electron chi connectivity index (χ4n) is 3.03. The molecule has 0 unspecified atom stereocenters. The number of amides is 1. The Balaban J connectivity index is 1.56. The molecule has 0 spiro atoms. The number of rotatable bonds is 6. The van der Waals surface area contributed by atoms with Crippen molar-refractivity contribution in [2.75, 3.05) is 33.4 Å². The highest BCUT2D eigenvalue weighted by Crippen LogP contribution is 2.18. The average Bonchev–Trinajstić information content (AvgIpc) is 2.69. The Morgan fingerprint density at radius 3 is 2.38 bits per heavy atom. The number of benzene rings is 2. The minimum Gasteiger partial charge on any atom is -0.497 e. The summed E-state index contributed by atoms with van der Waals surface area (Å²) in [5, 5.41) is 3.04. The maximum Gasteiger partial charge on any atom is 0.251 e. The first-order chi connectivity index (χ1) is 12.7. The fourth-order valence-corrected chi connectivity index (χ4v) is 3.03. The van der Waals surface area contributed by atoms with Gasteiger partial charge in [-0.25, -0.2) is 0 Å². The second-order valence-corrected chi connectivity index (χ2v) is 6.55. The van der Waals surface area contributed by atoms with Crippen LogP contribution in [0.1, 0.15) is 34.5 Å². The van der Waals surface area contributed by atoms with Crippen molar-refractivity contribution < 1.29 is 14.3 Å². The van der Waals surface area contributed by atoms with Crippen molar-refractivity contribution in [3.63, 3.8) is 0 Å². The van der Waals surface area contributed by atoms with Crippen LogP contribution in [0.15, 0.2) is 48.5 Å². The summed E-state index contributed by atoms with van der Waals surface area (Å²) in [5.41, 5.74) is 2.94. The third-order valence-corrected chi connectivity index (χ3v) is 4.69. The number of ether oxygens (including phenoxy) is 2. The quantitative estimate of drug-likeness (QED) is 0.866. The van der Waals surface area contributed by atoms with E-state index in [1.165, 1.54) is 5.56 Å². The molecule has 26 heavy (non-hydrogen) atoms. The van der Waals surface area contributed by atoms with Crippen molar-refractivity contribution in [3.8, 4) is 5.75 Å². The van der Waals surface area contributed by atoms with E-state index < -0.39 is 0 Å². The van der Waals surface area contributed by atoms with Gasteiger partial charge in [-0.05, 0) is 42.3 Å². The number of nitrogens with one attached hydrogen (secondary N) is 1. The molecule has 2 aromatic rings. The van der Waals surface area contributed by atoms with Crippen LogP contribution in [-0.2, 0) is 11.3 Å². The molecule has 0 aliphatic carbocycles. The van der Waals surface area contributed by atoms with Crippen LogP contribution in [0.3, 0.4) is 0 Å². The van der Waals surface area contributed by atoms with Crippen LogP contribution in [-0.4, -0.2) is 44.2 Å². The Hall–Kier alpha value is -2.37. The molecule has 1 heterocycles. The van der Waals surface area contributed by atoms with E-state index in [4.69, 9.17) is 9.47 Å². The van der Waals surface area contributed by atoms with E-state index in [2.05, 4.69) is 10.2 Å². The Morgan fingerprint density at radius 1 is 1.12 bits per heavy atom. The van der Waals surface area contributed by atoms with Crippen LogP contribution < -0.4 is 10.1 Å². The monoisotopic (exact) mass is 354 g/mol. The maximum atomic E-state index is 12.5. The van der Waals surface area contributed by atoms with Gasteiger partial charge in [0.15, 0.2) is 0 Å². The van der Waals surface area contributed by atoms with Gasteiger partial charge in [-0.1, -0.05) is 24.3 Å². The summed E-state index contributed by atoms with van der Waals surface area (Å²) in [7, 11) is 1.64. The summed E-state index contributed by atoms with van der Waals surface area (Å²) in [4.78, 5) is 14.9. The Labute approximate surface area is 154 Å². The van der Waals surface area contributed by atoms with Crippen molar-refractivity contribution in [1.82, 2.24) is 10.2 Å². The highest BCUT2D eigenvalue weighted by atomic mass is 16.5. The summed E-state index contributed by atoms with van der Waals surface area (Å²) in [6.45, 7) is 6.39. The van der Waals surface area contributed by atoms with Gasteiger partial charge >= 0.3 is 0 Å². The largest absolute Gasteiger partial charge is 0.497 e. The molecule has 0 saturated carbocycles. The highest BCUT2D eigenvalue weighted by Gasteiger charge is 2.13. The second-order valence-electron chi connectivity index (χ2n) is 6.55. The Kier molecular flexibility index (Phi) is 6.26. The van der Waals surface area contributed by atoms with Crippen LogP contribution in [0.25, 0.3) is 0 Å². The summed E-state index contributed by atoms with van der Waals surface area (Å²) < 4.78 is 10.5. The van der Waals surface area contributed by atoms with Gasteiger partial charge in [-0.2, -0.15) is 0 Å². The summed E-state index contributed by atoms with van der Waals surface area (Å²) in [6, 6.07) is 15.5. The van der Waals surface area contributed by atoms with E-state index in [9.17, 15) is 4.79 Å². The van der Waals surface area contributed by atoms with Crippen LogP contribution in [0, 0.1) is 0 Å². The van der Waals surface area contributed by atoms with Crippen LogP contribution in [0.4, 0.5) is 0 Å². The lowest BCUT2D eigenvalue weighted by atomic mass is 10.1. The third kappa shape index (κ3) is 4.84. The van der Waals surface area contributed by atoms with E-state index in [1.807, 2.05) is 55.5 Å². The molecule has 1 atom stereocenters. The number of hydrogen-bond donors (Lipinski definition) is 1. The van der Waals surface area contributed by atoms with Gasteiger partial charge in [0.2, 0.25) is 0 Å². The average molecular weight is 354 g/mol. The number of methoxy groups -OCH3 is 1. The van der Waals surface area contributed by atoms with Crippen molar-refractivity contribution in [3.05, 3.63) is 65.2 Å². The second kappa shape index (κ2) is 8.83. The topological polar surface area (TPSA) is 50.8 Å². The van der Waals surface area contributed by atoms with E-state index >= 15 is 0 Å². The van der Waals surface area contributed by atoms with Crippen molar-refractivity contribution in [2.45, 2.75) is 19.5 Å². The molecule has 0 radical (unpaired) electrons. The lowest BCUT2D eigenvalue weighted by Crippen LogP contribution is -2.35. The van der Waals surface area contributed by atoms with Gasteiger partial charge < -0.3 is 14.8 Å². The molecule has 2 aromatic carbocycles. The van der Waals surface area contributed by atoms with Crippen LogP contribution in [0.5, 0.6) is 5.75 Å². The minimum absolute atomic E-state index is 0.0637. The molecule has 138 valence electrons. The molecule has 1 aliphatic heterocycles. The first-order valence-corrected chi connectivity index (χ1v) is 8.99. The summed E-state index contributed by atoms with van der Waals surface area (Å²) in [5.74, 6) is 0.745. The van der Waals surface area contributed by atoms with Crippen molar-refractivity contribution in [2.24, 2.45) is 0 Å². The van der Waals surface area contributed by atoms with Gasteiger partial charge in [0.05, 0.1) is 26.4 Å². The zero-order valence-electron chi connectivity index (χ0n) is 15.4. The molecule has 1 N–H and O–H groups in total. The first-order valence-electron chi connectivity index (χ1n) is 8.99. The van der Waals surface area contributed by atoms with Crippen LogP contribution >= 0.6 is 0 Å². The molecular weight excluding hydrogens is 328 g/mol. The Morgan fingerprint density at radius 2 is 1.77 bits per heavy atom. The summed E-state index contributed by atoms with van der Waals surface area (Å²) in [6.07, 6.45) is 0. The molecule has 1 fully saturated rings. The molecule has 5 nitrogen and oxygen atoms in total. The molecular formula is C21H26N2O3. The number of carbonyl (C=O) groups excluding carboxylic acids is 1. The third-order valence-electron chi connectivity index (χ3n) is 4.69. The van der Waals surface area contributed by atoms with Gasteiger partial charge in [0.25, 0.3) is 5.91 Å². The fraction of sp³-hybridized carbons (Fsp3) is 0.381. The molecule has 1 saturated heterocycles. The SMILES string of the molecule is COc1ccc([C@@H](C)NC(=O)c2ccc(CN3CCOCC3)cc2)cc1. The predicted molar refractivity (Wildman–Crippen MR) is 101 cm³/mol. The van der Waals surface area contributed by atoms with Gasteiger partial charge in [0, 0.05) is 25.2 Å². The number of carbonyl (C=O) groups is 1. The Bertz CT molecular complexity index is 707. The first kappa shape index (κ1) is 18.4. The molecule has 1 amide bonds. The smallest absolute Gasteiger partial charge is 0.251 e. The van der Waals surface area contributed by atoms with Gasteiger partial charge in [0.1, 0.15) is 5.75 Å². The van der Waals surface area contributed by atoms with Gasteiger partial charge in [-0.15, -0.1) is 0 Å². The highest BCUT2D eigenvalue weighted by molar-refractivity contribution is 5.94. The zero-order valence-corrected chi connectivity index (χ0v) is 15.4. The number of hydrogen-bond acceptors (Lipinski definition) is 4. The summed E-state index contributed by atoms with van der Waals surface area (Å²) >= 11 is 0. The predicted octanol–water partition coefficient (Wildman–Crippen LogP) is 3.02. The van der Waals surface area contributed by atoms with Crippen LogP contribution in [0.2, 0.25) is 0 Å². The normalized spacial score (nSPS) is 16.1. The lowest BCUT2D eigenvalue weighted by molar-refractivity contribution is 0.0342. The molecule has 1 aliphatic rings. The van der Waals surface area contributed by atoms with E-state index in [0.717, 1.165) is 44.2 Å². The molecule has 0 bridgehead atoms. The van der Waals surface area contributed by atoms with E-state index in [-0.39, 0.29) is 11.9 Å². The van der Waals surface area contributed by atoms with Gasteiger partial charge in [-0.3, -0.25) is 9.69 Å². The van der Waals surface area contributed by atoms with E-state index in [0.29, 0.717) is 5.56 Å². The molecule has 5 heteroatoms. The lowest BCUT2D eigenvalue weighted by Gasteiger charge is -2.26. The van der Waals surface area contributed by atoms with E-state index in [1.54, 1.807) is 7.11 Å². The standard InChI is InChI=1S/C21H26N2O3/c1-16(18-7-9-20(25-2)10-8-18)22-21(24)19-5-3-17(4-6-19)15-23-11-13-26-14-12-23/h3-10,16H,11-15H2,1-2H3,(H,22,24)/t16-/m1/s1. The molecule has 0 aromatic heterocycles. The number of nitrogens with zero attached hydrogens (tertiary/aromatic N) is 1. The zero-order chi connectivity index (χ0) is 18.4. The minimum atomic E-state index is -0.0681. The molecule has 3 rings (SSSR count). The van der Waals surface area contributed by atoms with Crippen molar-refractivity contribution >= 4 is 5.91 Å². The number of morpholine rings is 1. The van der Waals surface area contributed by atoms with Crippen molar-refractivity contribution in [1.29, 1.82) is 0 Å².